The van der Waals surface area contributed by atoms with E-state index in [0.717, 1.165) is 0 Å². The van der Waals surface area contributed by atoms with E-state index in [-0.39, 0.29) is 41.7 Å². The maximum Gasteiger partial charge on any atom is 0.0899 e. The Hall–Kier alpha value is 0.690. The third kappa shape index (κ3) is 60.9. The van der Waals surface area contributed by atoms with Gasteiger partial charge in [0.1, 0.15) is 0 Å². The number of hydrogen-bond donors (Lipinski definition) is 0. The number of allylic oxidation sites excluding steroid dienone is 4. The van der Waals surface area contributed by atoms with Gasteiger partial charge in [0.25, 0.3) is 0 Å². The van der Waals surface area contributed by atoms with Gasteiger partial charge in [-0.15, -0.1) is 0 Å². The van der Waals surface area contributed by atoms with Gasteiger partial charge in [0.15, 0.2) is 0 Å². The predicted octanol–water partition coefficient (Wildman–Crippen LogP) is 4.65. The molecule has 0 aromatic heterocycles. The molecule has 0 unspecified atom stereocenters. The van der Waals surface area contributed by atoms with Crippen molar-refractivity contribution in [3.05, 3.63) is 50.6 Å². The van der Waals surface area contributed by atoms with E-state index < -0.39 is 0 Å². The van der Waals surface area contributed by atoms with Crippen LogP contribution in [0.1, 0.15) is 0 Å². The van der Waals surface area contributed by atoms with Crippen LogP contribution in [0.4, 0.5) is 0 Å². The van der Waals surface area contributed by atoms with Crippen molar-refractivity contribution in [2.45, 2.75) is 0 Å². The van der Waals surface area contributed by atoms with Crippen LogP contribution in [0.5, 0.6) is 0 Å². The molecule has 0 bridgehead atoms. The predicted molar refractivity (Wildman–Crippen MR) is 90.8 cm³/mol. The zero-order chi connectivity index (χ0) is 13.4. The van der Waals surface area contributed by atoms with Crippen LogP contribution in [-0.4, -0.2) is 39.0 Å². The summed E-state index contributed by atoms with van der Waals surface area (Å²) in [5, 5.41) is 0. The average molecular weight is 439 g/mol. The quantitative estimate of drug-likeness (QED) is 0.333. The molecule has 0 fully saturated rings. The molecular formula is C14H30HfP2+2. The van der Waals surface area contributed by atoms with Crippen LogP contribution in [0.25, 0.3) is 0 Å². The van der Waals surface area contributed by atoms with E-state index in [2.05, 4.69) is 53.0 Å². The Balaban J connectivity index is -0.0000000806. The molecule has 0 N–H and O–H groups in total. The fourth-order valence-corrected chi connectivity index (χ4v) is 4.50. The van der Waals surface area contributed by atoms with Gasteiger partial charge in [-0.05, 0) is 15.8 Å². The summed E-state index contributed by atoms with van der Waals surface area (Å²) in [4.78, 5) is 0. The molecule has 0 aromatic carbocycles. The van der Waals surface area contributed by atoms with Gasteiger partial charge in [-0.1, -0.05) is 50.6 Å². The first-order chi connectivity index (χ1) is 7.45. The van der Waals surface area contributed by atoms with E-state index in [1.165, 1.54) is 12.3 Å². The Bertz CT molecular complexity index is 143. The molecule has 0 nitrogen and oxygen atoms in total. The van der Waals surface area contributed by atoms with Gasteiger partial charge in [-0.25, -0.2) is 0 Å². The Morgan fingerprint density at radius 2 is 0.824 bits per heavy atom. The van der Waals surface area contributed by atoms with Gasteiger partial charge in [0.2, 0.25) is 0 Å². The maximum atomic E-state index is 3.36. The molecule has 17 heavy (non-hydrogen) atoms. The molecule has 0 saturated heterocycles. The maximum absolute atomic E-state index is 3.36. The van der Waals surface area contributed by atoms with Crippen molar-refractivity contribution in [1.82, 2.24) is 0 Å². The van der Waals surface area contributed by atoms with E-state index in [0.29, 0.717) is 0 Å². The summed E-state index contributed by atoms with van der Waals surface area (Å²) in [6.07, 6.45) is 9.62. The number of rotatable bonds is 5. The molecule has 0 saturated carbocycles. The first kappa shape index (κ1) is 26.3. The topological polar surface area (TPSA) is 0 Å². The van der Waals surface area contributed by atoms with E-state index >= 15 is 0 Å². The smallest absolute Gasteiger partial charge is 0.0899 e. The summed E-state index contributed by atoms with van der Waals surface area (Å²) in [6.45, 7) is 23.0. The molecule has 98 valence electrons. The van der Waals surface area contributed by atoms with Gasteiger partial charge in [0.05, 0.1) is 12.3 Å². The van der Waals surface area contributed by atoms with Crippen molar-refractivity contribution in [3.8, 4) is 0 Å². The minimum atomic E-state index is 0. The summed E-state index contributed by atoms with van der Waals surface area (Å²) in [5.41, 5.74) is 0. The molecule has 0 radical (unpaired) electrons. The van der Waals surface area contributed by atoms with Crippen LogP contribution in [0, 0.1) is 0 Å². The third-order valence-electron chi connectivity index (χ3n) is 1.46. The fourth-order valence-electron chi connectivity index (χ4n) is 0.500. The molecule has 3 heteroatoms. The molecule has 0 spiro atoms. The third-order valence-corrected chi connectivity index (χ3v) is 4.46. The molecular weight excluding hydrogens is 409 g/mol. The van der Waals surface area contributed by atoms with Crippen LogP contribution in [0.3, 0.4) is 0 Å². The Morgan fingerprint density at radius 3 is 0.882 bits per heavy atom. The zero-order valence-electron chi connectivity index (χ0n) is 12.1. The van der Waals surface area contributed by atoms with E-state index in [1.54, 1.807) is 24.3 Å². The standard InChI is InChI=1S/C6H16P2.2C4H6.Hf/c1-7(2)5-6-8(3)4;2*1-3-4-2;/h5-6H2,1-4H3;2*3-4H,1-2H2;/p+2. The van der Waals surface area contributed by atoms with Crippen LogP contribution >= 0.6 is 15.8 Å². The SMILES string of the molecule is C=CC=C.C=CC=C.C[PH+](C)CC[PH+](C)C.[Hf]. The van der Waals surface area contributed by atoms with Crippen molar-refractivity contribution in [2.24, 2.45) is 0 Å². The van der Waals surface area contributed by atoms with Gasteiger partial charge in [-0.3, -0.25) is 0 Å². The summed E-state index contributed by atoms with van der Waals surface area (Å²) in [7, 11) is 0.191. The van der Waals surface area contributed by atoms with E-state index in [9.17, 15) is 0 Å². The second-order valence-corrected chi connectivity index (χ2v) is 9.69. The molecule has 0 atom stereocenters. The van der Waals surface area contributed by atoms with Crippen molar-refractivity contribution >= 4 is 15.8 Å². The molecule has 0 aliphatic heterocycles. The van der Waals surface area contributed by atoms with Crippen LogP contribution in [0.2, 0.25) is 0 Å². The van der Waals surface area contributed by atoms with E-state index in [1.807, 2.05) is 0 Å². The zero-order valence-corrected chi connectivity index (χ0v) is 17.6. The first-order valence-corrected chi connectivity index (χ1v) is 10.9. The van der Waals surface area contributed by atoms with E-state index in [4.69, 9.17) is 0 Å². The normalized spacial score (nSPS) is 7.65. The van der Waals surface area contributed by atoms with Crippen LogP contribution in [0.15, 0.2) is 50.6 Å². The molecule has 0 heterocycles. The Labute approximate surface area is 131 Å². The van der Waals surface area contributed by atoms with Crippen molar-refractivity contribution in [3.63, 3.8) is 0 Å². The average Bonchev–Trinajstić information content (AvgIpc) is 2.27. The van der Waals surface area contributed by atoms with Crippen molar-refractivity contribution in [1.29, 1.82) is 0 Å². The fraction of sp³-hybridized carbons (Fsp3) is 0.429. The van der Waals surface area contributed by atoms with Gasteiger partial charge in [0, 0.05) is 52.5 Å². The molecule has 0 rings (SSSR count). The molecule has 0 amide bonds. The summed E-state index contributed by atoms with van der Waals surface area (Å²) < 4.78 is 0. The monoisotopic (exact) mass is 440 g/mol. The minimum Gasteiger partial charge on any atom is -0.0991 e. The summed E-state index contributed by atoms with van der Waals surface area (Å²) in [5.74, 6) is 0. The largest absolute Gasteiger partial charge is 0.0991 e. The molecule has 0 aliphatic rings. The molecule has 0 aliphatic carbocycles. The second-order valence-electron chi connectivity index (χ2n) is 3.86. The van der Waals surface area contributed by atoms with Gasteiger partial charge >= 0.3 is 0 Å². The number of hydrogen-bond acceptors (Lipinski definition) is 0. The van der Waals surface area contributed by atoms with Crippen molar-refractivity contribution in [2.75, 3.05) is 39.0 Å². The first-order valence-electron chi connectivity index (χ1n) is 5.51. The Kier molecular flexibility index (Phi) is 39.5. The van der Waals surface area contributed by atoms with Crippen LogP contribution < -0.4 is 0 Å². The van der Waals surface area contributed by atoms with Gasteiger partial charge in [-0.2, -0.15) is 0 Å². The van der Waals surface area contributed by atoms with Gasteiger partial charge < -0.3 is 0 Å². The minimum absolute atomic E-state index is 0. The second kappa shape index (κ2) is 25.5. The van der Waals surface area contributed by atoms with Crippen molar-refractivity contribution < 1.29 is 25.8 Å². The Morgan fingerprint density at radius 1 is 0.647 bits per heavy atom. The summed E-state index contributed by atoms with van der Waals surface area (Å²) >= 11 is 0. The molecule has 0 aromatic rings. The summed E-state index contributed by atoms with van der Waals surface area (Å²) in [6, 6.07) is 0. The van der Waals surface area contributed by atoms with Crippen LogP contribution in [-0.2, 0) is 25.8 Å².